The molecule has 0 amide bonds. The molecule has 2 nitrogen and oxygen atoms in total. The Kier molecular flexibility index (Phi) is 1.62. The van der Waals surface area contributed by atoms with Crippen molar-refractivity contribution in [2.24, 2.45) is 0 Å². The van der Waals surface area contributed by atoms with Crippen LogP contribution in [-0.4, -0.2) is 4.98 Å². The Morgan fingerprint density at radius 2 is 2.22 bits per heavy atom. The minimum Gasteiger partial charge on any atom is -0.384 e. The highest BCUT2D eigenvalue weighted by Gasteiger charge is 1.92. The summed E-state index contributed by atoms with van der Waals surface area (Å²) < 4.78 is 0. The van der Waals surface area contributed by atoms with Crippen LogP contribution in [0.25, 0.3) is 0 Å². The van der Waals surface area contributed by atoms with E-state index in [4.69, 9.17) is 5.73 Å². The first-order valence-corrected chi connectivity index (χ1v) is 3.07. The minimum absolute atomic E-state index is 0.547. The van der Waals surface area contributed by atoms with Gasteiger partial charge in [0, 0.05) is 4.90 Å². The van der Waals surface area contributed by atoms with Gasteiger partial charge in [0.05, 0.1) is 5.69 Å². The molecular weight excluding hydrogens is 132 g/mol. The highest BCUT2D eigenvalue weighted by atomic mass is 32.1. The fourth-order valence-electron chi connectivity index (χ4n) is 0.573. The molecule has 48 valence electrons. The molecule has 0 saturated heterocycles. The maximum absolute atomic E-state index is 5.38. The number of hydrogen-bond donors (Lipinski definition) is 2. The normalized spacial score (nSPS) is 9.56. The maximum Gasteiger partial charge on any atom is 0.123 e. The molecule has 9 heavy (non-hydrogen) atoms. The zero-order valence-corrected chi connectivity index (χ0v) is 6.02. The Balaban J connectivity index is 3.17. The molecule has 0 bridgehead atoms. The van der Waals surface area contributed by atoms with Crippen LogP contribution in [0.3, 0.4) is 0 Å². The van der Waals surface area contributed by atoms with Gasteiger partial charge in [0.25, 0.3) is 0 Å². The number of nitrogen functional groups attached to an aromatic ring is 1. The third-order valence-electron chi connectivity index (χ3n) is 1.08. The summed E-state index contributed by atoms with van der Waals surface area (Å²) in [5, 5.41) is 0. The predicted molar refractivity (Wildman–Crippen MR) is 40.6 cm³/mol. The lowest BCUT2D eigenvalue weighted by atomic mass is 10.4. The molecule has 0 unspecified atom stereocenters. The zero-order valence-electron chi connectivity index (χ0n) is 5.13. The number of thiol groups is 1. The predicted octanol–water partition coefficient (Wildman–Crippen LogP) is 1.26. The molecule has 0 aromatic carbocycles. The van der Waals surface area contributed by atoms with Crippen molar-refractivity contribution in [3.63, 3.8) is 0 Å². The Morgan fingerprint density at radius 1 is 1.56 bits per heavy atom. The summed E-state index contributed by atoms with van der Waals surface area (Å²) in [5.74, 6) is 0.547. The molecular formula is C6H8N2S. The van der Waals surface area contributed by atoms with Gasteiger partial charge in [-0.3, -0.25) is 0 Å². The molecule has 0 radical (unpaired) electrons. The van der Waals surface area contributed by atoms with E-state index in [1.807, 2.05) is 13.0 Å². The largest absolute Gasteiger partial charge is 0.384 e. The highest BCUT2D eigenvalue weighted by Crippen LogP contribution is 2.10. The van der Waals surface area contributed by atoms with E-state index in [0.717, 1.165) is 10.6 Å². The van der Waals surface area contributed by atoms with Crippen molar-refractivity contribution in [3.05, 3.63) is 17.8 Å². The topological polar surface area (TPSA) is 38.9 Å². The van der Waals surface area contributed by atoms with Crippen LogP contribution in [-0.2, 0) is 0 Å². The zero-order chi connectivity index (χ0) is 6.85. The quantitative estimate of drug-likeness (QED) is 0.532. The molecule has 1 heterocycles. The fourth-order valence-corrected chi connectivity index (χ4v) is 0.698. The van der Waals surface area contributed by atoms with Crippen LogP contribution >= 0.6 is 12.6 Å². The Morgan fingerprint density at radius 3 is 2.67 bits per heavy atom. The van der Waals surface area contributed by atoms with Gasteiger partial charge >= 0.3 is 0 Å². The van der Waals surface area contributed by atoms with Crippen LogP contribution in [0.1, 0.15) is 5.69 Å². The van der Waals surface area contributed by atoms with Crippen LogP contribution in [0, 0.1) is 6.92 Å². The SMILES string of the molecule is Cc1nc(N)ccc1S. The van der Waals surface area contributed by atoms with Crippen molar-refractivity contribution < 1.29 is 0 Å². The number of aromatic nitrogens is 1. The van der Waals surface area contributed by atoms with E-state index in [0.29, 0.717) is 5.82 Å². The smallest absolute Gasteiger partial charge is 0.123 e. The molecule has 0 atom stereocenters. The Bertz CT molecular complexity index is 222. The number of rotatable bonds is 0. The van der Waals surface area contributed by atoms with Gasteiger partial charge in [-0.05, 0) is 19.1 Å². The van der Waals surface area contributed by atoms with Gasteiger partial charge in [-0.15, -0.1) is 12.6 Å². The van der Waals surface area contributed by atoms with Crippen molar-refractivity contribution in [2.75, 3.05) is 5.73 Å². The summed E-state index contributed by atoms with van der Waals surface area (Å²) in [6, 6.07) is 3.57. The number of pyridine rings is 1. The van der Waals surface area contributed by atoms with Gasteiger partial charge in [0.15, 0.2) is 0 Å². The summed E-state index contributed by atoms with van der Waals surface area (Å²) in [4.78, 5) is 4.85. The third kappa shape index (κ3) is 1.36. The molecule has 3 heteroatoms. The monoisotopic (exact) mass is 140 g/mol. The standard InChI is InChI=1S/C6H8N2S/c1-4-5(9)2-3-6(7)8-4/h2-3,9H,1H3,(H2,7,8). The third-order valence-corrected chi connectivity index (χ3v) is 1.55. The summed E-state index contributed by atoms with van der Waals surface area (Å²) in [6.45, 7) is 1.87. The average Bonchev–Trinajstić information content (AvgIpc) is 1.80. The van der Waals surface area contributed by atoms with Gasteiger partial charge < -0.3 is 5.73 Å². The van der Waals surface area contributed by atoms with E-state index in [-0.39, 0.29) is 0 Å². The van der Waals surface area contributed by atoms with Crippen molar-refractivity contribution in [2.45, 2.75) is 11.8 Å². The van der Waals surface area contributed by atoms with Gasteiger partial charge in [0.2, 0.25) is 0 Å². The average molecular weight is 140 g/mol. The Labute approximate surface area is 59.5 Å². The first kappa shape index (κ1) is 6.42. The van der Waals surface area contributed by atoms with Crippen molar-refractivity contribution in [1.82, 2.24) is 4.98 Å². The summed E-state index contributed by atoms with van der Waals surface area (Å²) in [5.41, 5.74) is 6.26. The first-order valence-electron chi connectivity index (χ1n) is 2.62. The number of nitrogens with two attached hydrogens (primary N) is 1. The lowest BCUT2D eigenvalue weighted by Crippen LogP contribution is -1.91. The van der Waals surface area contributed by atoms with Gasteiger partial charge in [-0.2, -0.15) is 0 Å². The minimum atomic E-state index is 0.547. The second-order valence-corrected chi connectivity index (χ2v) is 2.32. The first-order chi connectivity index (χ1) is 4.20. The number of nitrogens with zero attached hydrogens (tertiary/aromatic N) is 1. The van der Waals surface area contributed by atoms with Crippen LogP contribution in [0.15, 0.2) is 17.0 Å². The molecule has 0 aliphatic carbocycles. The van der Waals surface area contributed by atoms with Crippen molar-refractivity contribution >= 4 is 18.4 Å². The summed E-state index contributed by atoms with van der Waals surface area (Å²) >= 11 is 4.13. The Hall–Kier alpha value is -0.700. The van der Waals surface area contributed by atoms with Gasteiger partial charge in [0.1, 0.15) is 5.82 Å². The summed E-state index contributed by atoms with van der Waals surface area (Å²) in [7, 11) is 0. The van der Waals surface area contributed by atoms with E-state index in [1.165, 1.54) is 0 Å². The molecule has 0 fully saturated rings. The number of anilines is 1. The number of aryl methyl sites for hydroxylation is 1. The van der Waals surface area contributed by atoms with Gasteiger partial charge in [-0.25, -0.2) is 4.98 Å². The van der Waals surface area contributed by atoms with Crippen LogP contribution < -0.4 is 5.73 Å². The molecule has 1 aromatic rings. The number of hydrogen-bond acceptors (Lipinski definition) is 3. The summed E-state index contributed by atoms with van der Waals surface area (Å²) in [6.07, 6.45) is 0. The highest BCUT2D eigenvalue weighted by molar-refractivity contribution is 7.80. The van der Waals surface area contributed by atoms with E-state index in [9.17, 15) is 0 Å². The van der Waals surface area contributed by atoms with Crippen LogP contribution in [0.5, 0.6) is 0 Å². The molecule has 0 aliphatic rings. The molecule has 0 aliphatic heterocycles. The van der Waals surface area contributed by atoms with E-state index in [1.54, 1.807) is 6.07 Å². The molecule has 0 spiro atoms. The lowest BCUT2D eigenvalue weighted by Gasteiger charge is -1.96. The van der Waals surface area contributed by atoms with Crippen LogP contribution in [0.4, 0.5) is 5.82 Å². The van der Waals surface area contributed by atoms with E-state index >= 15 is 0 Å². The van der Waals surface area contributed by atoms with Crippen molar-refractivity contribution in [3.8, 4) is 0 Å². The second-order valence-electron chi connectivity index (χ2n) is 1.84. The molecule has 2 N–H and O–H groups in total. The van der Waals surface area contributed by atoms with Crippen LogP contribution in [0.2, 0.25) is 0 Å². The molecule has 1 aromatic heterocycles. The van der Waals surface area contributed by atoms with Gasteiger partial charge in [-0.1, -0.05) is 0 Å². The van der Waals surface area contributed by atoms with Crippen molar-refractivity contribution in [1.29, 1.82) is 0 Å². The second kappa shape index (κ2) is 2.27. The fraction of sp³-hybridized carbons (Fsp3) is 0.167. The maximum atomic E-state index is 5.38. The lowest BCUT2D eigenvalue weighted by molar-refractivity contribution is 1.13. The molecule has 1 rings (SSSR count). The van der Waals surface area contributed by atoms with E-state index < -0.39 is 0 Å². The van der Waals surface area contributed by atoms with E-state index in [2.05, 4.69) is 17.6 Å². The molecule has 0 saturated carbocycles.